The average Bonchev–Trinajstić information content (AvgIpc) is 2.39. The zero-order valence-corrected chi connectivity index (χ0v) is 12.0. The lowest BCUT2D eigenvalue weighted by Crippen LogP contribution is -2.29. The molecule has 0 bridgehead atoms. The van der Waals surface area contributed by atoms with Crippen LogP contribution in [-0.4, -0.2) is 11.6 Å². The Hall–Kier alpha value is -0.860. The summed E-state index contributed by atoms with van der Waals surface area (Å²) in [7, 11) is 0. The first-order valence-electron chi connectivity index (χ1n) is 7.63. The number of hydrazone groups is 1. The molecule has 0 saturated heterocycles. The third-order valence-electron chi connectivity index (χ3n) is 3.72. The molecule has 0 radical (unpaired) electrons. The number of rotatable bonds is 9. The van der Waals surface area contributed by atoms with Gasteiger partial charge in [-0.3, -0.25) is 4.79 Å². The van der Waals surface area contributed by atoms with E-state index >= 15 is 0 Å². The first kappa shape index (κ1) is 15.2. The summed E-state index contributed by atoms with van der Waals surface area (Å²) in [6, 6.07) is 0. The minimum Gasteiger partial charge on any atom is -0.273 e. The molecule has 1 rings (SSSR count). The molecule has 0 aromatic heterocycles. The van der Waals surface area contributed by atoms with Crippen LogP contribution in [0.15, 0.2) is 5.10 Å². The molecule has 0 aromatic carbocycles. The predicted octanol–water partition coefficient (Wildman–Crippen LogP) is 4.03. The van der Waals surface area contributed by atoms with Crippen molar-refractivity contribution in [1.82, 2.24) is 5.43 Å². The smallest absolute Gasteiger partial charge is 0.240 e. The fourth-order valence-electron chi connectivity index (χ4n) is 2.53. The minimum absolute atomic E-state index is 0.0685. The van der Waals surface area contributed by atoms with Crippen molar-refractivity contribution in [3.8, 4) is 0 Å². The van der Waals surface area contributed by atoms with Crippen LogP contribution in [0.1, 0.15) is 78.1 Å². The van der Waals surface area contributed by atoms with E-state index in [2.05, 4.69) is 24.4 Å². The molecule has 1 aliphatic heterocycles. The van der Waals surface area contributed by atoms with Gasteiger partial charge in [0, 0.05) is 12.1 Å². The van der Waals surface area contributed by atoms with Crippen LogP contribution in [0.3, 0.4) is 0 Å². The maximum absolute atomic E-state index is 11.1. The number of hydrogen-bond donors (Lipinski definition) is 1. The molecule has 1 aliphatic rings. The Labute approximate surface area is 111 Å². The lowest BCUT2D eigenvalue weighted by molar-refractivity contribution is -0.121. The van der Waals surface area contributed by atoms with Crippen molar-refractivity contribution in [3.63, 3.8) is 0 Å². The van der Waals surface area contributed by atoms with Crippen LogP contribution in [0, 0.1) is 5.92 Å². The highest BCUT2D eigenvalue weighted by Gasteiger charge is 2.20. The highest BCUT2D eigenvalue weighted by atomic mass is 16.2. The second-order valence-electron chi connectivity index (χ2n) is 5.33. The molecule has 3 heteroatoms. The largest absolute Gasteiger partial charge is 0.273 e. The molecule has 0 spiro atoms. The fourth-order valence-corrected chi connectivity index (χ4v) is 2.53. The van der Waals surface area contributed by atoms with Gasteiger partial charge in [-0.05, 0) is 25.2 Å². The quantitative estimate of drug-likeness (QED) is 0.618. The standard InChI is InChI=1S/C15H28N2O/c1-3-5-7-8-10-13(9-6-4-2)14-11-12-15(18)17-16-14/h13H,3-12H2,1-2H3,(H,17,18). The van der Waals surface area contributed by atoms with Gasteiger partial charge in [0.1, 0.15) is 0 Å². The third-order valence-corrected chi connectivity index (χ3v) is 3.72. The van der Waals surface area contributed by atoms with Crippen LogP contribution in [0.25, 0.3) is 0 Å². The lowest BCUT2D eigenvalue weighted by atomic mass is 9.88. The van der Waals surface area contributed by atoms with Crippen molar-refractivity contribution in [1.29, 1.82) is 0 Å². The summed E-state index contributed by atoms with van der Waals surface area (Å²) in [5, 5.41) is 4.28. The van der Waals surface area contributed by atoms with E-state index in [0.717, 1.165) is 6.42 Å². The average molecular weight is 252 g/mol. The zero-order chi connectivity index (χ0) is 13.2. The maximum atomic E-state index is 11.1. The topological polar surface area (TPSA) is 41.5 Å². The van der Waals surface area contributed by atoms with Gasteiger partial charge in [0.15, 0.2) is 0 Å². The number of hydrogen-bond acceptors (Lipinski definition) is 2. The van der Waals surface area contributed by atoms with E-state index in [1.807, 2.05) is 0 Å². The third kappa shape index (κ3) is 5.65. The molecule has 104 valence electrons. The van der Waals surface area contributed by atoms with Crippen LogP contribution >= 0.6 is 0 Å². The van der Waals surface area contributed by atoms with Gasteiger partial charge in [-0.15, -0.1) is 0 Å². The fraction of sp³-hybridized carbons (Fsp3) is 0.867. The number of carbonyl (C=O) groups excluding carboxylic acids is 1. The number of nitrogens with zero attached hydrogens (tertiary/aromatic N) is 1. The van der Waals surface area contributed by atoms with Crippen LogP contribution in [0.2, 0.25) is 0 Å². The van der Waals surface area contributed by atoms with Gasteiger partial charge < -0.3 is 0 Å². The normalized spacial score (nSPS) is 17.2. The number of carbonyl (C=O) groups is 1. The maximum Gasteiger partial charge on any atom is 0.240 e. The van der Waals surface area contributed by atoms with Crippen molar-refractivity contribution in [3.05, 3.63) is 0 Å². The molecular formula is C15H28N2O. The van der Waals surface area contributed by atoms with Gasteiger partial charge in [0.05, 0.1) is 0 Å². The summed E-state index contributed by atoms with van der Waals surface area (Å²) in [4.78, 5) is 11.1. The van der Waals surface area contributed by atoms with Crippen molar-refractivity contribution in [2.24, 2.45) is 11.0 Å². The monoisotopic (exact) mass is 252 g/mol. The molecule has 0 saturated carbocycles. The van der Waals surface area contributed by atoms with Gasteiger partial charge in [0.2, 0.25) is 5.91 Å². The molecular weight excluding hydrogens is 224 g/mol. The van der Waals surface area contributed by atoms with E-state index in [9.17, 15) is 4.79 Å². The van der Waals surface area contributed by atoms with Crippen molar-refractivity contribution in [2.45, 2.75) is 78.1 Å². The van der Waals surface area contributed by atoms with Gasteiger partial charge in [-0.2, -0.15) is 5.10 Å². The van der Waals surface area contributed by atoms with Crippen LogP contribution in [-0.2, 0) is 4.79 Å². The van der Waals surface area contributed by atoms with Crippen LogP contribution in [0.5, 0.6) is 0 Å². The van der Waals surface area contributed by atoms with E-state index in [1.54, 1.807) is 0 Å². The van der Waals surface area contributed by atoms with Crippen molar-refractivity contribution in [2.75, 3.05) is 0 Å². The molecule has 3 nitrogen and oxygen atoms in total. The van der Waals surface area contributed by atoms with E-state index in [0.29, 0.717) is 12.3 Å². The number of unbranched alkanes of at least 4 members (excludes halogenated alkanes) is 4. The Bertz CT molecular complexity index is 274. The molecule has 0 fully saturated rings. The molecule has 1 atom stereocenters. The van der Waals surface area contributed by atoms with Crippen molar-refractivity contribution >= 4 is 11.6 Å². The first-order chi connectivity index (χ1) is 8.77. The SMILES string of the molecule is CCCCCCC(CCCC)C1=NNC(=O)CC1. The summed E-state index contributed by atoms with van der Waals surface area (Å²) in [5.74, 6) is 0.668. The Morgan fingerprint density at radius 3 is 2.39 bits per heavy atom. The van der Waals surface area contributed by atoms with E-state index in [-0.39, 0.29) is 5.91 Å². The molecule has 1 N–H and O–H groups in total. The molecule has 1 amide bonds. The molecule has 1 unspecified atom stereocenters. The summed E-state index contributed by atoms with van der Waals surface area (Å²) in [6.45, 7) is 4.48. The van der Waals surface area contributed by atoms with Gasteiger partial charge in [-0.1, -0.05) is 52.4 Å². The molecule has 1 heterocycles. The van der Waals surface area contributed by atoms with Gasteiger partial charge >= 0.3 is 0 Å². The minimum atomic E-state index is 0.0685. The Kier molecular flexibility index (Phi) is 7.70. The van der Waals surface area contributed by atoms with Crippen LogP contribution in [0.4, 0.5) is 0 Å². The second kappa shape index (κ2) is 9.12. The highest BCUT2D eigenvalue weighted by molar-refractivity contribution is 5.93. The van der Waals surface area contributed by atoms with Gasteiger partial charge in [0.25, 0.3) is 0 Å². The van der Waals surface area contributed by atoms with E-state index in [4.69, 9.17) is 0 Å². The molecule has 0 aromatic rings. The zero-order valence-electron chi connectivity index (χ0n) is 12.0. The second-order valence-corrected chi connectivity index (χ2v) is 5.33. The Morgan fingerprint density at radius 1 is 1.06 bits per heavy atom. The highest BCUT2D eigenvalue weighted by Crippen LogP contribution is 2.22. The Morgan fingerprint density at radius 2 is 1.78 bits per heavy atom. The molecule has 18 heavy (non-hydrogen) atoms. The van der Waals surface area contributed by atoms with Crippen LogP contribution < -0.4 is 5.43 Å². The summed E-state index contributed by atoms with van der Waals surface area (Å²) in [5.41, 5.74) is 3.88. The van der Waals surface area contributed by atoms with Crippen molar-refractivity contribution < 1.29 is 4.79 Å². The van der Waals surface area contributed by atoms with E-state index < -0.39 is 0 Å². The lowest BCUT2D eigenvalue weighted by Gasteiger charge is -2.21. The first-order valence-corrected chi connectivity index (χ1v) is 7.63. The Balaban J connectivity index is 2.41. The summed E-state index contributed by atoms with van der Waals surface area (Å²) in [6.07, 6.45) is 11.7. The molecule has 0 aliphatic carbocycles. The summed E-state index contributed by atoms with van der Waals surface area (Å²) < 4.78 is 0. The van der Waals surface area contributed by atoms with Gasteiger partial charge in [-0.25, -0.2) is 5.43 Å². The number of amides is 1. The summed E-state index contributed by atoms with van der Waals surface area (Å²) >= 11 is 0. The van der Waals surface area contributed by atoms with E-state index in [1.165, 1.54) is 57.1 Å². The number of nitrogens with one attached hydrogen (secondary N) is 1. The predicted molar refractivity (Wildman–Crippen MR) is 76.6 cm³/mol.